The maximum absolute atomic E-state index is 12.5. The van der Waals surface area contributed by atoms with Crippen molar-refractivity contribution in [2.24, 2.45) is 0 Å². The van der Waals surface area contributed by atoms with Crippen LogP contribution in [0.4, 0.5) is 8.78 Å². The molecule has 1 nitrogen and oxygen atoms in total. The van der Waals surface area contributed by atoms with Gasteiger partial charge in [-0.25, -0.2) is 8.78 Å². The third-order valence-corrected chi connectivity index (χ3v) is 3.13. The zero-order valence-electron chi connectivity index (χ0n) is 10.2. The Morgan fingerprint density at radius 1 is 1.05 bits per heavy atom. The highest BCUT2D eigenvalue weighted by atomic mass is 79.9. The Balaban J connectivity index is 2.11. The van der Waals surface area contributed by atoms with Crippen molar-refractivity contribution in [2.45, 2.75) is 19.5 Å². The average Bonchev–Trinajstić information content (AvgIpc) is 2.38. The Morgan fingerprint density at radius 3 is 2.47 bits per heavy atom. The van der Waals surface area contributed by atoms with E-state index in [-0.39, 0.29) is 6.42 Å². The van der Waals surface area contributed by atoms with Crippen molar-refractivity contribution in [3.05, 3.63) is 64.1 Å². The van der Waals surface area contributed by atoms with Crippen molar-refractivity contribution in [3.8, 4) is 5.75 Å². The molecule has 19 heavy (non-hydrogen) atoms. The van der Waals surface area contributed by atoms with Crippen LogP contribution in [0.15, 0.2) is 53.0 Å². The summed E-state index contributed by atoms with van der Waals surface area (Å²) in [6, 6.07) is 14.8. The summed E-state index contributed by atoms with van der Waals surface area (Å²) >= 11 is 3.28. The van der Waals surface area contributed by atoms with Crippen LogP contribution in [0.25, 0.3) is 0 Å². The van der Waals surface area contributed by atoms with E-state index in [1.807, 2.05) is 30.3 Å². The zero-order chi connectivity index (χ0) is 13.7. The van der Waals surface area contributed by atoms with Crippen molar-refractivity contribution in [3.63, 3.8) is 0 Å². The molecule has 0 amide bonds. The maximum atomic E-state index is 12.5. The summed E-state index contributed by atoms with van der Waals surface area (Å²) in [4.78, 5) is 0. The second kappa shape index (κ2) is 6.66. The normalized spacial score (nSPS) is 10.7. The second-order valence-electron chi connectivity index (χ2n) is 4.12. The Bertz CT molecular complexity index is 529. The Kier molecular flexibility index (Phi) is 4.91. The van der Waals surface area contributed by atoms with Gasteiger partial charge in [0.05, 0.1) is 0 Å². The van der Waals surface area contributed by atoms with Gasteiger partial charge in [0.1, 0.15) is 12.4 Å². The molecular weight excluding hydrogens is 314 g/mol. The van der Waals surface area contributed by atoms with Crippen LogP contribution in [0.3, 0.4) is 0 Å². The maximum Gasteiger partial charge on any atom is 0.242 e. The smallest absolute Gasteiger partial charge is 0.242 e. The topological polar surface area (TPSA) is 9.23 Å². The van der Waals surface area contributed by atoms with Crippen LogP contribution < -0.4 is 4.74 Å². The number of rotatable bonds is 5. The number of benzene rings is 2. The highest BCUT2D eigenvalue weighted by Crippen LogP contribution is 2.26. The molecule has 0 heterocycles. The van der Waals surface area contributed by atoms with Crippen LogP contribution in [0.1, 0.15) is 11.1 Å². The van der Waals surface area contributed by atoms with Crippen LogP contribution in [-0.2, 0) is 13.0 Å². The molecule has 100 valence electrons. The van der Waals surface area contributed by atoms with E-state index in [9.17, 15) is 8.78 Å². The minimum absolute atomic E-state index is 0.302. The first kappa shape index (κ1) is 14.0. The Morgan fingerprint density at radius 2 is 1.79 bits per heavy atom. The van der Waals surface area contributed by atoms with E-state index < -0.39 is 6.43 Å². The molecular formula is C15H13BrF2O. The van der Waals surface area contributed by atoms with Gasteiger partial charge in [0.25, 0.3) is 0 Å². The first-order valence-electron chi connectivity index (χ1n) is 5.88. The predicted octanol–water partition coefficient (Wildman–Crippen LogP) is 4.84. The lowest BCUT2D eigenvalue weighted by Gasteiger charge is -2.12. The molecule has 2 rings (SSSR count). The molecule has 2 aromatic rings. The molecule has 0 spiro atoms. The fraction of sp³-hybridized carbons (Fsp3) is 0.200. The third kappa shape index (κ3) is 4.31. The van der Waals surface area contributed by atoms with Gasteiger partial charge in [0.15, 0.2) is 0 Å². The first-order chi connectivity index (χ1) is 9.15. The van der Waals surface area contributed by atoms with Gasteiger partial charge in [-0.2, -0.15) is 0 Å². The number of ether oxygens (including phenoxy) is 1. The quantitative estimate of drug-likeness (QED) is 0.764. The minimum Gasteiger partial charge on any atom is -0.489 e. The molecule has 0 aliphatic rings. The molecule has 0 radical (unpaired) electrons. The van der Waals surface area contributed by atoms with E-state index in [0.29, 0.717) is 17.9 Å². The van der Waals surface area contributed by atoms with Crippen LogP contribution in [-0.4, -0.2) is 6.43 Å². The summed E-state index contributed by atoms with van der Waals surface area (Å²) < 4.78 is 31.4. The van der Waals surface area contributed by atoms with Crippen LogP contribution in [0, 0.1) is 0 Å². The van der Waals surface area contributed by atoms with E-state index >= 15 is 0 Å². The van der Waals surface area contributed by atoms with Crippen molar-refractivity contribution in [1.82, 2.24) is 0 Å². The van der Waals surface area contributed by atoms with Gasteiger partial charge in [-0.05, 0) is 23.8 Å². The fourth-order valence-corrected chi connectivity index (χ4v) is 2.16. The molecule has 0 aliphatic heterocycles. The minimum atomic E-state index is -2.38. The van der Waals surface area contributed by atoms with Gasteiger partial charge >= 0.3 is 0 Å². The molecule has 0 saturated carbocycles. The molecule has 0 aliphatic carbocycles. The molecule has 2 aromatic carbocycles. The lowest BCUT2D eigenvalue weighted by atomic mass is 10.1. The summed E-state index contributed by atoms with van der Waals surface area (Å²) in [5.41, 5.74) is 1.52. The van der Waals surface area contributed by atoms with Crippen molar-refractivity contribution in [2.75, 3.05) is 0 Å². The summed E-state index contributed by atoms with van der Waals surface area (Å²) in [6.45, 7) is 0.374. The van der Waals surface area contributed by atoms with E-state index in [4.69, 9.17) is 4.74 Å². The van der Waals surface area contributed by atoms with E-state index in [0.717, 1.165) is 10.0 Å². The highest BCUT2D eigenvalue weighted by Gasteiger charge is 2.11. The zero-order valence-corrected chi connectivity index (χ0v) is 11.7. The fourth-order valence-electron chi connectivity index (χ4n) is 1.75. The number of alkyl halides is 2. The average molecular weight is 327 g/mol. The van der Waals surface area contributed by atoms with Crippen LogP contribution in [0.2, 0.25) is 0 Å². The highest BCUT2D eigenvalue weighted by molar-refractivity contribution is 9.10. The van der Waals surface area contributed by atoms with E-state index in [2.05, 4.69) is 15.9 Å². The van der Waals surface area contributed by atoms with E-state index in [1.165, 1.54) is 0 Å². The van der Waals surface area contributed by atoms with Crippen LogP contribution >= 0.6 is 15.9 Å². The number of hydrogen-bond donors (Lipinski definition) is 0. The van der Waals surface area contributed by atoms with Gasteiger partial charge in [-0.1, -0.05) is 46.3 Å². The number of halogens is 3. The summed E-state index contributed by atoms with van der Waals surface area (Å²) in [5.74, 6) is 0.507. The molecule has 0 N–H and O–H groups in total. The predicted molar refractivity (Wildman–Crippen MR) is 74.6 cm³/mol. The lowest BCUT2D eigenvalue weighted by molar-refractivity contribution is 0.147. The Hall–Kier alpha value is -1.42. The summed E-state index contributed by atoms with van der Waals surface area (Å²) in [5, 5.41) is 0. The van der Waals surface area contributed by atoms with Gasteiger partial charge in [0, 0.05) is 16.5 Å². The summed E-state index contributed by atoms with van der Waals surface area (Å²) in [7, 11) is 0. The molecule has 4 heteroatoms. The standard InChI is InChI=1S/C15H13BrF2O/c16-13-6-7-14(12(8-13)9-15(17)18)19-10-11-4-2-1-3-5-11/h1-8,15H,9-10H2. The van der Waals surface area contributed by atoms with Gasteiger partial charge < -0.3 is 4.74 Å². The summed E-state index contributed by atoms with van der Waals surface area (Å²) in [6.07, 6.45) is -2.68. The second-order valence-corrected chi connectivity index (χ2v) is 5.04. The lowest BCUT2D eigenvalue weighted by Crippen LogP contribution is -2.02. The monoisotopic (exact) mass is 326 g/mol. The largest absolute Gasteiger partial charge is 0.489 e. The van der Waals surface area contributed by atoms with Gasteiger partial charge in [0.2, 0.25) is 6.43 Å². The molecule has 0 aromatic heterocycles. The van der Waals surface area contributed by atoms with Crippen molar-refractivity contribution < 1.29 is 13.5 Å². The van der Waals surface area contributed by atoms with Crippen molar-refractivity contribution in [1.29, 1.82) is 0 Å². The first-order valence-corrected chi connectivity index (χ1v) is 6.68. The molecule has 0 saturated heterocycles. The number of hydrogen-bond acceptors (Lipinski definition) is 1. The molecule has 0 atom stereocenters. The third-order valence-electron chi connectivity index (χ3n) is 2.63. The van der Waals surface area contributed by atoms with Gasteiger partial charge in [-0.15, -0.1) is 0 Å². The van der Waals surface area contributed by atoms with Crippen LogP contribution in [0.5, 0.6) is 5.75 Å². The molecule has 0 fully saturated rings. The van der Waals surface area contributed by atoms with Crippen molar-refractivity contribution >= 4 is 15.9 Å². The molecule has 0 bridgehead atoms. The van der Waals surface area contributed by atoms with E-state index in [1.54, 1.807) is 18.2 Å². The SMILES string of the molecule is FC(F)Cc1cc(Br)ccc1OCc1ccccc1. The van der Waals surface area contributed by atoms with Gasteiger partial charge in [-0.3, -0.25) is 0 Å². The Labute approximate surface area is 119 Å². The molecule has 0 unspecified atom stereocenters.